The molecule has 0 bridgehead atoms. The maximum absolute atomic E-state index is 2.45. The number of hydrogen-bond donors (Lipinski definition) is 0. The minimum atomic E-state index is -0.472. The van der Waals surface area contributed by atoms with Crippen LogP contribution < -0.4 is 4.90 Å². The molecule has 0 saturated carbocycles. The molecule has 0 aliphatic heterocycles. The van der Waals surface area contributed by atoms with E-state index in [9.17, 15) is 0 Å². The van der Waals surface area contributed by atoms with Crippen LogP contribution in [0.15, 0.2) is 200 Å². The van der Waals surface area contributed by atoms with Crippen molar-refractivity contribution < 1.29 is 0 Å². The lowest BCUT2D eigenvalue weighted by Gasteiger charge is -2.35. The summed E-state index contributed by atoms with van der Waals surface area (Å²) >= 11 is 0. The molecule has 0 N–H and O–H groups in total. The second-order valence-electron chi connectivity index (χ2n) is 14.9. The van der Waals surface area contributed by atoms with E-state index in [1.165, 1.54) is 66.8 Å². The molecule has 252 valence electrons. The van der Waals surface area contributed by atoms with Crippen LogP contribution in [0.2, 0.25) is 0 Å². The highest BCUT2D eigenvalue weighted by Crippen LogP contribution is 2.57. The zero-order chi connectivity index (χ0) is 35.6. The van der Waals surface area contributed by atoms with Crippen molar-refractivity contribution in [2.45, 2.75) is 24.7 Å². The summed E-state index contributed by atoms with van der Waals surface area (Å²) in [6.07, 6.45) is 0. The molecular weight excluding hydrogens is 639 g/mol. The maximum atomic E-state index is 2.45. The maximum Gasteiger partial charge on any atom is 0.0714 e. The molecular formula is C52H39N. The van der Waals surface area contributed by atoms with Crippen LogP contribution in [-0.2, 0) is 10.8 Å². The average Bonchev–Trinajstić information content (AvgIpc) is 3.65. The van der Waals surface area contributed by atoms with Gasteiger partial charge in [0, 0.05) is 22.5 Å². The molecule has 0 aromatic heterocycles. The first-order valence-corrected chi connectivity index (χ1v) is 18.6. The fraction of sp³-hybridized carbons (Fsp3) is 0.0769. The van der Waals surface area contributed by atoms with Gasteiger partial charge in [-0.05, 0) is 103 Å². The van der Waals surface area contributed by atoms with Gasteiger partial charge in [-0.2, -0.15) is 0 Å². The molecule has 1 nitrogen and oxygen atoms in total. The summed E-state index contributed by atoms with van der Waals surface area (Å²) in [5.74, 6) is 0. The minimum absolute atomic E-state index is 0.106. The quantitative estimate of drug-likeness (QED) is 0.169. The van der Waals surface area contributed by atoms with Crippen molar-refractivity contribution in [3.8, 4) is 33.4 Å². The lowest BCUT2D eigenvalue weighted by atomic mass is 9.67. The Morgan fingerprint density at radius 1 is 0.340 bits per heavy atom. The van der Waals surface area contributed by atoms with Crippen molar-refractivity contribution in [1.29, 1.82) is 0 Å². The summed E-state index contributed by atoms with van der Waals surface area (Å²) in [7, 11) is 0. The third-order valence-electron chi connectivity index (χ3n) is 11.7. The van der Waals surface area contributed by atoms with Crippen molar-refractivity contribution >= 4 is 17.1 Å². The summed E-state index contributed by atoms with van der Waals surface area (Å²) in [4.78, 5) is 2.43. The van der Waals surface area contributed by atoms with Crippen LogP contribution in [0.4, 0.5) is 17.1 Å². The third kappa shape index (κ3) is 4.64. The van der Waals surface area contributed by atoms with Gasteiger partial charge in [-0.25, -0.2) is 0 Å². The Balaban J connectivity index is 1.19. The van der Waals surface area contributed by atoms with E-state index < -0.39 is 5.41 Å². The Morgan fingerprint density at radius 2 is 0.830 bits per heavy atom. The molecule has 1 heteroatoms. The molecule has 0 amide bonds. The molecule has 2 aliphatic carbocycles. The smallest absolute Gasteiger partial charge is 0.0714 e. The topological polar surface area (TPSA) is 3.24 Å². The summed E-state index contributed by atoms with van der Waals surface area (Å²) in [5.41, 5.74) is 18.5. The molecule has 8 aromatic carbocycles. The molecule has 0 saturated heterocycles. The van der Waals surface area contributed by atoms with Gasteiger partial charge in [0.25, 0.3) is 0 Å². The Kier molecular flexibility index (Phi) is 7.13. The van der Waals surface area contributed by atoms with E-state index in [1.54, 1.807) is 0 Å². The van der Waals surface area contributed by atoms with Gasteiger partial charge >= 0.3 is 0 Å². The second-order valence-corrected chi connectivity index (χ2v) is 14.9. The zero-order valence-electron chi connectivity index (χ0n) is 30.0. The predicted molar refractivity (Wildman–Crippen MR) is 221 cm³/mol. The van der Waals surface area contributed by atoms with Gasteiger partial charge in [-0.1, -0.05) is 178 Å². The Hall–Kier alpha value is -6.44. The van der Waals surface area contributed by atoms with Crippen molar-refractivity contribution in [2.75, 3.05) is 4.90 Å². The van der Waals surface area contributed by atoms with Crippen molar-refractivity contribution in [3.63, 3.8) is 0 Å². The molecule has 0 heterocycles. The highest BCUT2D eigenvalue weighted by atomic mass is 15.1. The van der Waals surface area contributed by atoms with Gasteiger partial charge in [-0.3, -0.25) is 0 Å². The van der Waals surface area contributed by atoms with E-state index in [-0.39, 0.29) is 5.41 Å². The second kappa shape index (κ2) is 12.1. The first kappa shape index (κ1) is 31.3. The van der Waals surface area contributed by atoms with Gasteiger partial charge in [0.1, 0.15) is 0 Å². The van der Waals surface area contributed by atoms with Crippen LogP contribution in [-0.4, -0.2) is 0 Å². The number of hydrogen-bond acceptors (Lipinski definition) is 1. The molecule has 0 fully saturated rings. The number of anilines is 3. The predicted octanol–water partition coefficient (Wildman–Crippen LogP) is 13.5. The minimum Gasteiger partial charge on any atom is -0.310 e. The van der Waals surface area contributed by atoms with Gasteiger partial charge in [0.05, 0.1) is 5.41 Å². The van der Waals surface area contributed by atoms with Crippen LogP contribution in [0.25, 0.3) is 33.4 Å². The van der Waals surface area contributed by atoms with Gasteiger partial charge in [0.2, 0.25) is 0 Å². The van der Waals surface area contributed by atoms with E-state index in [1.807, 2.05) is 0 Å². The monoisotopic (exact) mass is 677 g/mol. The number of fused-ring (bicyclic) bond motifs is 6. The standard InChI is InChI=1S/C52H39N/c1-51(2)47-30-14-12-27-44(47)46-29-17-28-42(50(46)51)36-18-16-25-40(34-36)53(39-23-10-5-11-24-39)41-32-33-45-43-26-13-15-31-48(43)52(49(45)35-41,37-19-6-3-7-20-37)38-21-8-4-9-22-38/h3-35H,1-2H3. The van der Waals surface area contributed by atoms with Crippen molar-refractivity contribution in [1.82, 2.24) is 0 Å². The number of nitrogens with zero attached hydrogens (tertiary/aromatic N) is 1. The van der Waals surface area contributed by atoms with E-state index >= 15 is 0 Å². The normalized spacial score (nSPS) is 14.2. The van der Waals surface area contributed by atoms with Crippen molar-refractivity contribution in [3.05, 3.63) is 234 Å². The van der Waals surface area contributed by atoms with Gasteiger partial charge in [0.15, 0.2) is 0 Å². The van der Waals surface area contributed by atoms with Crippen LogP contribution >= 0.6 is 0 Å². The fourth-order valence-electron chi connectivity index (χ4n) is 9.50. The number of rotatable bonds is 6. The zero-order valence-corrected chi connectivity index (χ0v) is 30.0. The Bertz CT molecular complexity index is 2600. The van der Waals surface area contributed by atoms with E-state index in [4.69, 9.17) is 0 Å². The highest BCUT2D eigenvalue weighted by Gasteiger charge is 2.46. The molecule has 0 unspecified atom stereocenters. The molecule has 2 aliphatic rings. The summed E-state index contributed by atoms with van der Waals surface area (Å²) in [6.45, 7) is 4.74. The molecule has 0 radical (unpaired) electrons. The van der Waals surface area contributed by atoms with Crippen LogP contribution in [0.3, 0.4) is 0 Å². The fourth-order valence-corrected chi connectivity index (χ4v) is 9.50. The SMILES string of the molecule is CC1(C)c2ccccc2-c2cccc(-c3cccc(N(c4ccccc4)c4ccc5c(c4)C(c4ccccc4)(c4ccccc4)c4ccccc4-5)c3)c21. The van der Waals surface area contributed by atoms with Gasteiger partial charge < -0.3 is 4.90 Å². The average molecular weight is 678 g/mol. The molecule has 0 spiro atoms. The first-order chi connectivity index (χ1) is 26.1. The first-order valence-electron chi connectivity index (χ1n) is 18.6. The lowest BCUT2D eigenvalue weighted by molar-refractivity contribution is 0.662. The van der Waals surface area contributed by atoms with E-state index in [0.717, 1.165) is 17.1 Å². The number of benzene rings is 8. The van der Waals surface area contributed by atoms with Gasteiger partial charge in [-0.15, -0.1) is 0 Å². The molecule has 10 rings (SSSR count). The van der Waals surface area contributed by atoms with Crippen LogP contribution in [0.1, 0.15) is 47.2 Å². The Morgan fingerprint density at radius 3 is 1.53 bits per heavy atom. The largest absolute Gasteiger partial charge is 0.310 e. The number of para-hydroxylation sites is 1. The van der Waals surface area contributed by atoms with E-state index in [0.29, 0.717) is 0 Å². The summed E-state index contributed by atoms with van der Waals surface area (Å²) in [6, 6.07) is 73.8. The molecule has 53 heavy (non-hydrogen) atoms. The molecule has 8 aromatic rings. The summed E-state index contributed by atoms with van der Waals surface area (Å²) < 4.78 is 0. The Labute approximate surface area is 312 Å². The third-order valence-corrected chi connectivity index (χ3v) is 11.7. The molecule has 0 atom stereocenters. The van der Waals surface area contributed by atoms with E-state index in [2.05, 4.69) is 219 Å². The lowest BCUT2D eigenvalue weighted by Crippen LogP contribution is -2.28. The van der Waals surface area contributed by atoms with Crippen molar-refractivity contribution in [2.24, 2.45) is 0 Å². The summed E-state index contributed by atoms with van der Waals surface area (Å²) in [5, 5.41) is 0. The van der Waals surface area contributed by atoms with Crippen LogP contribution in [0.5, 0.6) is 0 Å². The highest BCUT2D eigenvalue weighted by molar-refractivity contribution is 5.92. The van der Waals surface area contributed by atoms with Crippen LogP contribution in [0, 0.1) is 0 Å².